The highest BCUT2D eigenvalue weighted by atomic mass is 16.6. The highest BCUT2D eigenvalue weighted by molar-refractivity contribution is 5.39. The summed E-state index contributed by atoms with van der Waals surface area (Å²) in [4.78, 5) is 13.0. The van der Waals surface area contributed by atoms with Crippen LogP contribution in [-0.2, 0) is 6.42 Å². The van der Waals surface area contributed by atoms with Crippen molar-refractivity contribution in [3.05, 3.63) is 39.9 Å². The predicted molar refractivity (Wildman–Crippen MR) is 77.7 cm³/mol. The highest BCUT2D eigenvalue weighted by Gasteiger charge is 2.21. The van der Waals surface area contributed by atoms with E-state index in [1.807, 2.05) is 12.1 Å². The van der Waals surface area contributed by atoms with Gasteiger partial charge in [-0.05, 0) is 25.8 Å². The van der Waals surface area contributed by atoms with Gasteiger partial charge in [-0.3, -0.25) is 15.0 Å². The van der Waals surface area contributed by atoms with Crippen molar-refractivity contribution in [3.8, 4) is 0 Å². The SMILES string of the molecule is O=[N+]([O-])c1ccccc1CCN1CCCCCC1CO. The number of para-hydroxylation sites is 1. The van der Waals surface area contributed by atoms with Crippen molar-refractivity contribution >= 4 is 5.69 Å². The Morgan fingerprint density at radius 2 is 2.10 bits per heavy atom. The van der Waals surface area contributed by atoms with Crippen LogP contribution in [0.15, 0.2) is 24.3 Å². The van der Waals surface area contributed by atoms with Crippen molar-refractivity contribution in [3.63, 3.8) is 0 Å². The molecule has 0 aromatic heterocycles. The van der Waals surface area contributed by atoms with E-state index in [-0.39, 0.29) is 23.3 Å². The summed E-state index contributed by atoms with van der Waals surface area (Å²) < 4.78 is 0. The van der Waals surface area contributed by atoms with Gasteiger partial charge in [0.25, 0.3) is 5.69 Å². The fourth-order valence-electron chi connectivity index (χ4n) is 2.90. The molecular formula is C15H22N2O3. The molecule has 0 amide bonds. The Labute approximate surface area is 119 Å². The molecule has 1 atom stereocenters. The largest absolute Gasteiger partial charge is 0.395 e. The van der Waals surface area contributed by atoms with Crippen molar-refractivity contribution in [1.82, 2.24) is 4.90 Å². The van der Waals surface area contributed by atoms with Crippen LogP contribution >= 0.6 is 0 Å². The van der Waals surface area contributed by atoms with Crippen LogP contribution in [0.2, 0.25) is 0 Å². The maximum absolute atomic E-state index is 11.0. The van der Waals surface area contributed by atoms with Gasteiger partial charge < -0.3 is 5.11 Å². The number of nitro benzene ring substituents is 1. The van der Waals surface area contributed by atoms with Gasteiger partial charge in [0.05, 0.1) is 11.5 Å². The summed E-state index contributed by atoms with van der Waals surface area (Å²) in [5, 5.41) is 20.5. The van der Waals surface area contributed by atoms with Crippen LogP contribution in [0.1, 0.15) is 31.2 Å². The quantitative estimate of drug-likeness (QED) is 0.663. The van der Waals surface area contributed by atoms with E-state index in [1.54, 1.807) is 12.1 Å². The Morgan fingerprint density at radius 3 is 2.85 bits per heavy atom. The minimum absolute atomic E-state index is 0.177. The van der Waals surface area contributed by atoms with Gasteiger partial charge in [-0.15, -0.1) is 0 Å². The summed E-state index contributed by atoms with van der Waals surface area (Å²) in [5.74, 6) is 0. The van der Waals surface area contributed by atoms with E-state index in [1.165, 1.54) is 6.42 Å². The van der Waals surface area contributed by atoms with Crippen LogP contribution < -0.4 is 0 Å². The Bertz CT molecular complexity index is 450. The predicted octanol–water partition coefficient (Wildman–Crippen LogP) is 2.37. The second-order valence-electron chi connectivity index (χ2n) is 5.36. The van der Waals surface area contributed by atoms with E-state index in [0.29, 0.717) is 6.42 Å². The van der Waals surface area contributed by atoms with Gasteiger partial charge in [0.1, 0.15) is 0 Å². The molecule has 1 N–H and O–H groups in total. The van der Waals surface area contributed by atoms with Gasteiger partial charge in [-0.2, -0.15) is 0 Å². The lowest BCUT2D eigenvalue weighted by Crippen LogP contribution is -2.38. The van der Waals surface area contributed by atoms with Crippen LogP contribution in [-0.4, -0.2) is 40.7 Å². The van der Waals surface area contributed by atoms with Gasteiger partial charge in [-0.25, -0.2) is 0 Å². The molecule has 20 heavy (non-hydrogen) atoms. The lowest BCUT2D eigenvalue weighted by Gasteiger charge is -2.28. The first-order valence-corrected chi connectivity index (χ1v) is 7.29. The first-order chi connectivity index (χ1) is 9.72. The maximum Gasteiger partial charge on any atom is 0.272 e. The zero-order valence-corrected chi connectivity index (χ0v) is 11.7. The molecule has 1 aliphatic heterocycles. The second kappa shape index (κ2) is 7.36. The first-order valence-electron chi connectivity index (χ1n) is 7.29. The van der Waals surface area contributed by atoms with Crippen molar-refractivity contribution in [2.45, 2.75) is 38.1 Å². The van der Waals surface area contributed by atoms with E-state index in [0.717, 1.165) is 37.9 Å². The van der Waals surface area contributed by atoms with Crippen molar-refractivity contribution in [2.24, 2.45) is 0 Å². The van der Waals surface area contributed by atoms with Gasteiger partial charge >= 0.3 is 0 Å². The zero-order chi connectivity index (χ0) is 14.4. The molecule has 1 aromatic carbocycles. The lowest BCUT2D eigenvalue weighted by atomic mass is 10.1. The third-order valence-electron chi connectivity index (χ3n) is 4.07. The average molecular weight is 278 g/mol. The molecule has 0 spiro atoms. The Balaban J connectivity index is 2.01. The molecule has 0 aliphatic carbocycles. The zero-order valence-electron chi connectivity index (χ0n) is 11.7. The molecule has 1 saturated heterocycles. The number of hydrogen-bond donors (Lipinski definition) is 1. The lowest BCUT2D eigenvalue weighted by molar-refractivity contribution is -0.385. The number of nitro groups is 1. The Morgan fingerprint density at radius 1 is 1.30 bits per heavy atom. The van der Waals surface area contributed by atoms with Crippen LogP contribution in [0.4, 0.5) is 5.69 Å². The molecule has 2 rings (SSSR count). The minimum atomic E-state index is -0.318. The van der Waals surface area contributed by atoms with Crippen LogP contribution in [0.5, 0.6) is 0 Å². The van der Waals surface area contributed by atoms with E-state index in [4.69, 9.17) is 0 Å². The van der Waals surface area contributed by atoms with Gasteiger partial charge in [0.15, 0.2) is 0 Å². The molecular weight excluding hydrogens is 256 g/mol. The van der Waals surface area contributed by atoms with Crippen LogP contribution in [0.3, 0.4) is 0 Å². The van der Waals surface area contributed by atoms with E-state index >= 15 is 0 Å². The molecule has 5 nitrogen and oxygen atoms in total. The van der Waals surface area contributed by atoms with Gasteiger partial charge in [-0.1, -0.05) is 31.0 Å². The highest BCUT2D eigenvalue weighted by Crippen LogP contribution is 2.21. The normalized spacial score (nSPS) is 20.6. The smallest absolute Gasteiger partial charge is 0.272 e. The van der Waals surface area contributed by atoms with E-state index in [9.17, 15) is 15.2 Å². The van der Waals surface area contributed by atoms with Gasteiger partial charge in [0, 0.05) is 24.2 Å². The number of benzene rings is 1. The van der Waals surface area contributed by atoms with Crippen LogP contribution in [0.25, 0.3) is 0 Å². The number of aliphatic hydroxyl groups is 1. The molecule has 1 aromatic rings. The molecule has 1 unspecified atom stereocenters. The van der Waals surface area contributed by atoms with Gasteiger partial charge in [0.2, 0.25) is 0 Å². The third kappa shape index (κ3) is 3.77. The first kappa shape index (κ1) is 14.9. The monoisotopic (exact) mass is 278 g/mol. The number of hydrogen-bond acceptors (Lipinski definition) is 4. The maximum atomic E-state index is 11.0. The molecule has 1 fully saturated rings. The van der Waals surface area contributed by atoms with Crippen molar-refractivity contribution < 1.29 is 10.0 Å². The van der Waals surface area contributed by atoms with Crippen molar-refractivity contribution in [2.75, 3.05) is 19.7 Å². The average Bonchev–Trinajstić information content (AvgIpc) is 2.70. The topological polar surface area (TPSA) is 66.6 Å². The summed E-state index contributed by atoms with van der Waals surface area (Å²) >= 11 is 0. The van der Waals surface area contributed by atoms with E-state index < -0.39 is 0 Å². The number of nitrogens with zero attached hydrogens (tertiary/aromatic N) is 2. The Kier molecular flexibility index (Phi) is 5.49. The summed E-state index contributed by atoms with van der Waals surface area (Å²) in [7, 11) is 0. The second-order valence-corrected chi connectivity index (χ2v) is 5.36. The molecule has 0 bridgehead atoms. The summed E-state index contributed by atoms with van der Waals surface area (Å²) in [6.45, 7) is 1.93. The third-order valence-corrected chi connectivity index (χ3v) is 4.07. The molecule has 110 valence electrons. The minimum Gasteiger partial charge on any atom is -0.395 e. The summed E-state index contributed by atoms with van der Waals surface area (Å²) in [5.41, 5.74) is 0.973. The fourth-order valence-corrected chi connectivity index (χ4v) is 2.90. The van der Waals surface area contributed by atoms with E-state index in [2.05, 4.69) is 4.90 Å². The molecule has 0 radical (unpaired) electrons. The number of rotatable bonds is 5. The standard InChI is InChI=1S/C15H22N2O3/c18-12-14-7-2-1-5-10-16(14)11-9-13-6-3-4-8-15(13)17(19)20/h3-4,6,8,14,18H,1-2,5,7,9-12H2. The molecule has 0 saturated carbocycles. The summed E-state index contributed by atoms with van der Waals surface area (Å²) in [6, 6.07) is 7.13. The summed E-state index contributed by atoms with van der Waals surface area (Å²) in [6.07, 6.45) is 5.19. The molecule has 1 aliphatic rings. The Hall–Kier alpha value is -1.46. The fraction of sp³-hybridized carbons (Fsp3) is 0.600. The van der Waals surface area contributed by atoms with Crippen molar-refractivity contribution in [1.29, 1.82) is 0 Å². The molecule has 1 heterocycles. The number of aliphatic hydroxyl groups excluding tert-OH is 1. The number of likely N-dealkylation sites (tertiary alicyclic amines) is 1. The van der Waals surface area contributed by atoms with Crippen LogP contribution in [0, 0.1) is 10.1 Å². The molecule has 5 heteroatoms.